The highest BCUT2D eigenvalue weighted by Gasteiger charge is 2.32. The molecule has 0 spiro atoms. The molecule has 1 saturated heterocycles. The first-order chi connectivity index (χ1) is 9.39. The van der Waals surface area contributed by atoms with Gasteiger partial charge in [0, 0.05) is 42.2 Å². The van der Waals surface area contributed by atoms with Crippen LogP contribution in [0.3, 0.4) is 0 Å². The van der Waals surface area contributed by atoms with Crippen LogP contribution in [0.1, 0.15) is 5.56 Å². The highest BCUT2D eigenvalue weighted by atomic mass is 79.9. The number of halogens is 5. The fourth-order valence-corrected chi connectivity index (χ4v) is 2.99. The highest BCUT2D eigenvalue weighted by Crippen LogP contribution is 2.27. The Labute approximate surface area is 129 Å². The molecule has 0 N–H and O–H groups in total. The summed E-state index contributed by atoms with van der Waals surface area (Å²) in [6.45, 7) is 1.17. The summed E-state index contributed by atoms with van der Waals surface area (Å²) in [5.41, 5.74) is 2.00. The summed E-state index contributed by atoms with van der Waals surface area (Å²) in [5, 5.41) is 0. The maximum Gasteiger partial charge on any atom is 0.401 e. The lowest BCUT2D eigenvalue weighted by Gasteiger charge is -2.37. The summed E-state index contributed by atoms with van der Waals surface area (Å²) in [6, 6.07) is 5.83. The quantitative estimate of drug-likeness (QED) is 0.744. The van der Waals surface area contributed by atoms with Crippen LogP contribution >= 0.6 is 27.5 Å². The van der Waals surface area contributed by atoms with Crippen molar-refractivity contribution in [2.75, 3.05) is 37.6 Å². The molecule has 0 saturated carbocycles. The van der Waals surface area contributed by atoms with Gasteiger partial charge in [-0.25, -0.2) is 0 Å². The number of hydrogen-bond acceptors (Lipinski definition) is 2. The van der Waals surface area contributed by atoms with Gasteiger partial charge in [0.2, 0.25) is 0 Å². The van der Waals surface area contributed by atoms with Gasteiger partial charge in [-0.05, 0) is 23.8 Å². The standard InChI is InChI=1S/C13H15BrClF3N2/c14-11-1-2-12(10(7-11)8-15)20-5-3-19(4-6-20)9-13(16,17)18/h1-2,7H,3-6,8-9H2. The van der Waals surface area contributed by atoms with Gasteiger partial charge in [0.1, 0.15) is 0 Å². The minimum Gasteiger partial charge on any atom is -0.369 e. The van der Waals surface area contributed by atoms with Crippen molar-refractivity contribution < 1.29 is 13.2 Å². The summed E-state index contributed by atoms with van der Waals surface area (Å²) in [6.07, 6.45) is -4.12. The first-order valence-corrected chi connectivity index (χ1v) is 7.60. The third-order valence-corrected chi connectivity index (χ3v) is 4.08. The van der Waals surface area contributed by atoms with Crippen molar-refractivity contribution in [1.82, 2.24) is 4.90 Å². The van der Waals surface area contributed by atoms with Gasteiger partial charge in [-0.1, -0.05) is 15.9 Å². The lowest BCUT2D eigenvalue weighted by Crippen LogP contribution is -2.49. The number of alkyl halides is 4. The normalized spacial score (nSPS) is 17.6. The van der Waals surface area contributed by atoms with Crippen molar-refractivity contribution in [3.05, 3.63) is 28.2 Å². The van der Waals surface area contributed by atoms with Crippen LogP contribution in [0, 0.1) is 0 Å². The molecule has 2 nitrogen and oxygen atoms in total. The molecule has 0 bridgehead atoms. The number of rotatable bonds is 3. The molecule has 0 aliphatic carbocycles. The van der Waals surface area contributed by atoms with Crippen LogP contribution in [0.25, 0.3) is 0 Å². The van der Waals surface area contributed by atoms with Gasteiger partial charge in [0.25, 0.3) is 0 Å². The summed E-state index contributed by atoms with van der Waals surface area (Å²) >= 11 is 9.33. The number of nitrogens with zero attached hydrogens (tertiary/aromatic N) is 2. The van der Waals surface area contributed by atoms with Crippen LogP contribution in [0.15, 0.2) is 22.7 Å². The van der Waals surface area contributed by atoms with Crippen molar-refractivity contribution in [3.8, 4) is 0 Å². The lowest BCUT2D eigenvalue weighted by atomic mass is 10.1. The molecule has 20 heavy (non-hydrogen) atoms. The number of hydrogen-bond donors (Lipinski definition) is 0. The van der Waals surface area contributed by atoms with E-state index in [9.17, 15) is 13.2 Å². The first-order valence-electron chi connectivity index (χ1n) is 6.27. The van der Waals surface area contributed by atoms with Gasteiger partial charge in [-0.2, -0.15) is 13.2 Å². The smallest absolute Gasteiger partial charge is 0.369 e. The van der Waals surface area contributed by atoms with E-state index in [0.29, 0.717) is 32.1 Å². The number of anilines is 1. The van der Waals surface area contributed by atoms with E-state index in [-0.39, 0.29) is 0 Å². The second-order valence-corrected chi connectivity index (χ2v) is 5.97. The monoisotopic (exact) mass is 370 g/mol. The molecule has 0 amide bonds. The summed E-state index contributed by atoms with van der Waals surface area (Å²) < 4.78 is 38.0. The Morgan fingerprint density at radius 3 is 2.35 bits per heavy atom. The molecule has 1 aromatic carbocycles. The molecule has 1 aliphatic heterocycles. The molecule has 1 aromatic rings. The van der Waals surface area contributed by atoms with E-state index in [1.54, 1.807) is 0 Å². The number of benzene rings is 1. The van der Waals surface area contributed by atoms with Gasteiger partial charge in [0.15, 0.2) is 0 Å². The minimum absolute atomic E-state index is 0.386. The van der Waals surface area contributed by atoms with E-state index >= 15 is 0 Å². The first kappa shape index (κ1) is 15.9. The molecular weight excluding hydrogens is 357 g/mol. The average Bonchev–Trinajstić information content (AvgIpc) is 2.38. The predicted molar refractivity (Wildman–Crippen MR) is 78.4 cm³/mol. The zero-order chi connectivity index (χ0) is 14.8. The second-order valence-electron chi connectivity index (χ2n) is 4.79. The van der Waals surface area contributed by atoms with Crippen molar-refractivity contribution in [1.29, 1.82) is 0 Å². The fraction of sp³-hybridized carbons (Fsp3) is 0.538. The topological polar surface area (TPSA) is 6.48 Å². The Morgan fingerprint density at radius 1 is 1.15 bits per heavy atom. The summed E-state index contributed by atoms with van der Waals surface area (Å²) in [4.78, 5) is 3.53. The Balaban J connectivity index is 2.00. The van der Waals surface area contributed by atoms with E-state index in [4.69, 9.17) is 11.6 Å². The van der Waals surface area contributed by atoms with Crippen LogP contribution in [0.4, 0.5) is 18.9 Å². The van der Waals surface area contributed by atoms with Crippen LogP contribution < -0.4 is 4.90 Å². The van der Waals surface area contributed by atoms with Gasteiger partial charge in [-0.15, -0.1) is 11.6 Å². The van der Waals surface area contributed by atoms with Crippen molar-refractivity contribution in [2.45, 2.75) is 12.1 Å². The Morgan fingerprint density at radius 2 is 1.80 bits per heavy atom. The maximum absolute atomic E-state index is 12.3. The van der Waals surface area contributed by atoms with E-state index in [1.807, 2.05) is 18.2 Å². The highest BCUT2D eigenvalue weighted by molar-refractivity contribution is 9.10. The molecule has 1 aliphatic rings. The van der Waals surface area contributed by atoms with Crippen LogP contribution in [0.2, 0.25) is 0 Å². The molecule has 0 radical (unpaired) electrons. The Kier molecular flexibility index (Phi) is 5.20. The average molecular weight is 372 g/mol. The molecule has 1 heterocycles. The molecule has 1 fully saturated rings. The zero-order valence-electron chi connectivity index (χ0n) is 10.8. The van der Waals surface area contributed by atoms with Gasteiger partial charge < -0.3 is 4.90 Å². The van der Waals surface area contributed by atoms with E-state index in [0.717, 1.165) is 15.7 Å². The van der Waals surface area contributed by atoms with Crippen LogP contribution in [0.5, 0.6) is 0 Å². The SMILES string of the molecule is FC(F)(F)CN1CCN(c2ccc(Br)cc2CCl)CC1. The largest absolute Gasteiger partial charge is 0.401 e. The Hall–Kier alpha value is -0.460. The molecule has 0 unspecified atom stereocenters. The summed E-state index contributed by atoms with van der Waals surface area (Å²) in [7, 11) is 0. The molecule has 112 valence electrons. The van der Waals surface area contributed by atoms with E-state index in [2.05, 4.69) is 20.8 Å². The van der Waals surface area contributed by atoms with E-state index < -0.39 is 12.7 Å². The fourth-order valence-electron chi connectivity index (χ4n) is 2.37. The minimum atomic E-state index is -4.12. The lowest BCUT2D eigenvalue weighted by molar-refractivity contribution is -0.146. The van der Waals surface area contributed by atoms with Crippen LogP contribution in [-0.2, 0) is 5.88 Å². The van der Waals surface area contributed by atoms with Crippen molar-refractivity contribution in [2.24, 2.45) is 0 Å². The Bertz CT molecular complexity index is 459. The second kappa shape index (κ2) is 6.54. The van der Waals surface area contributed by atoms with Crippen molar-refractivity contribution in [3.63, 3.8) is 0 Å². The van der Waals surface area contributed by atoms with Crippen LogP contribution in [-0.4, -0.2) is 43.8 Å². The maximum atomic E-state index is 12.3. The number of piperazine rings is 1. The zero-order valence-corrected chi connectivity index (χ0v) is 13.1. The van der Waals surface area contributed by atoms with Crippen molar-refractivity contribution >= 4 is 33.2 Å². The molecule has 0 atom stereocenters. The third-order valence-electron chi connectivity index (χ3n) is 3.30. The summed E-state index contributed by atoms with van der Waals surface area (Å²) in [5.74, 6) is 0.386. The predicted octanol–water partition coefficient (Wildman–Crippen LogP) is 3.87. The van der Waals surface area contributed by atoms with Gasteiger partial charge in [-0.3, -0.25) is 4.90 Å². The molecule has 0 aromatic heterocycles. The molecular formula is C13H15BrClF3N2. The third kappa shape index (κ3) is 4.27. The molecule has 7 heteroatoms. The van der Waals surface area contributed by atoms with E-state index in [1.165, 1.54) is 4.90 Å². The van der Waals surface area contributed by atoms with Gasteiger partial charge in [0.05, 0.1) is 6.54 Å². The van der Waals surface area contributed by atoms with Gasteiger partial charge >= 0.3 is 6.18 Å². The molecule has 2 rings (SSSR count).